The molecule has 0 aliphatic rings. The lowest BCUT2D eigenvalue weighted by molar-refractivity contribution is 0.163. The highest BCUT2D eigenvalue weighted by molar-refractivity contribution is 4.68. The summed E-state index contributed by atoms with van der Waals surface area (Å²) < 4.78 is 13.2. The largest absolute Gasteiger partial charge is 0.247 e. The normalized spacial score (nSPS) is 15.2. The highest BCUT2D eigenvalue weighted by Gasteiger charge is 2.19. The van der Waals surface area contributed by atoms with E-state index >= 15 is 0 Å². The number of rotatable bonds is 4. The molecule has 0 aliphatic carbocycles. The fraction of sp³-hybridized carbons (Fsp3) is 1.00. The topological polar surface area (TPSA) is 0 Å². The molecule has 90 valence electrons. The van der Waals surface area contributed by atoms with E-state index in [2.05, 4.69) is 0 Å². The van der Waals surface area contributed by atoms with Crippen LogP contribution in [0.15, 0.2) is 0 Å². The molecular formula is C13H31F. The Morgan fingerprint density at radius 3 is 1.14 bits per heavy atom. The minimum Gasteiger partial charge on any atom is -0.247 e. The van der Waals surface area contributed by atoms with Gasteiger partial charge in [-0.25, -0.2) is 4.39 Å². The molecule has 0 saturated carbocycles. The zero-order valence-electron chi connectivity index (χ0n) is 11.5. The van der Waals surface area contributed by atoms with Crippen LogP contribution < -0.4 is 0 Å². The predicted molar refractivity (Wildman–Crippen MR) is 66.5 cm³/mol. The van der Waals surface area contributed by atoms with Crippen LogP contribution >= 0.6 is 0 Å². The van der Waals surface area contributed by atoms with Crippen LogP contribution in [0.5, 0.6) is 0 Å². The third-order valence-corrected chi connectivity index (χ3v) is 2.38. The van der Waals surface area contributed by atoms with Crippen LogP contribution in [0, 0.1) is 11.8 Å². The molecule has 0 fully saturated rings. The summed E-state index contributed by atoms with van der Waals surface area (Å²) in [6.07, 6.45) is 1.30. The van der Waals surface area contributed by atoms with Crippen LogP contribution in [0.2, 0.25) is 0 Å². The SMILES string of the molecule is CC.CC.CCC(C)C(F)C(C)CC. The Hall–Kier alpha value is -0.0700. The van der Waals surface area contributed by atoms with Gasteiger partial charge in [0, 0.05) is 0 Å². The van der Waals surface area contributed by atoms with E-state index in [4.69, 9.17) is 0 Å². The molecule has 0 N–H and O–H groups in total. The van der Waals surface area contributed by atoms with Crippen molar-refractivity contribution in [3.63, 3.8) is 0 Å². The van der Waals surface area contributed by atoms with E-state index in [0.29, 0.717) is 0 Å². The van der Waals surface area contributed by atoms with E-state index in [-0.39, 0.29) is 11.8 Å². The van der Waals surface area contributed by atoms with E-state index < -0.39 is 6.17 Å². The van der Waals surface area contributed by atoms with E-state index in [1.165, 1.54) is 0 Å². The highest BCUT2D eigenvalue weighted by atomic mass is 19.1. The maximum absolute atomic E-state index is 13.2. The van der Waals surface area contributed by atoms with Gasteiger partial charge >= 0.3 is 0 Å². The van der Waals surface area contributed by atoms with E-state index in [9.17, 15) is 4.39 Å². The first kappa shape index (κ1) is 19.5. The van der Waals surface area contributed by atoms with Crippen molar-refractivity contribution in [2.45, 2.75) is 74.4 Å². The smallest absolute Gasteiger partial charge is 0.105 e. The van der Waals surface area contributed by atoms with Crippen molar-refractivity contribution in [2.75, 3.05) is 0 Å². The summed E-state index contributed by atoms with van der Waals surface area (Å²) in [5, 5.41) is 0. The minimum absolute atomic E-state index is 0.231. The van der Waals surface area contributed by atoms with Gasteiger partial charge in [-0.15, -0.1) is 0 Å². The van der Waals surface area contributed by atoms with Crippen molar-refractivity contribution >= 4 is 0 Å². The Labute approximate surface area is 91.3 Å². The maximum atomic E-state index is 13.2. The fourth-order valence-corrected chi connectivity index (χ4v) is 1.01. The molecule has 14 heavy (non-hydrogen) atoms. The molecule has 0 bridgehead atoms. The molecule has 2 unspecified atom stereocenters. The average molecular weight is 206 g/mol. The molecule has 0 nitrogen and oxygen atoms in total. The fourth-order valence-electron chi connectivity index (χ4n) is 1.01. The zero-order chi connectivity index (χ0) is 12.1. The quantitative estimate of drug-likeness (QED) is 0.572. The van der Waals surface area contributed by atoms with Crippen LogP contribution in [0.1, 0.15) is 68.2 Å². The Bertz CT molecular complexity index is 71.3. The zero-order valence-corrected chi connectivity index (χ0v) is 11.5. The van der Waals surface area contributed by atoms with Gasteiger partial charge in [0.2, 0.25) is 0 Å². The molecule has 2 atom stereocenters. The van der Waals surface area contributed by atoms with Gasteiger partial charge in [0.1, 0.15) is 6.17 Å². The van der Waals surface area contributed by atoms with Crippen molar-refractivity contribution in [3.8, 4) is 0 Å². The van der Waals surface area contributed by atoms with Crippen molar-refractivity contribution in [2.24, 2.45) is 11.8 Å². The molecule has 1 heteroatoms. The van der Waals surface area contributed by atoms with Gasteiger partial charge in [0.25, 0.3) is 0 Å². The first-order chi connectivity index (χ1) is 6.63. The maximum Gasteiger partial charge on any atom is 0.105 e. The summed E-state index contributed by atoms with van der Waals surface area (Å²) >= 11 is 0. The Morgan fingerprint density at radius 2 is 1.00 bits per heavy atom. The molecule has 0 spiro atoms. The highest BCUT2D eigenvalue weighted by Crippen LogP contribution is 2.21. The minimum atomic E-state index is -0.602. The van der Waals surface area contributed by atoms with E-state index in [1.54, 1.807) is 0 Å². The third kappa shape index (κ3) is 10.0. The van der Waals surface area contributed by atoms with Gasteiger partial charge < -0.3 is 0 Å². The number of hydrogen-bond acceptors (Lipinski definition) is 0. The molecule has 0 aromatic heterocycles. The molecule has 0 heterocycles. The average Bonchev–Trinajstić information content (AvgIpc) is 2.31. The molecule has 0 aromatic rings. The summed E-state index contributed by atoms with van der Waals surface area (Å²) in [6, 6.07) is 0. The van der Waals surface area contributed by atoms with Gasteiger partial charge in [-0.05, 0) is 11.8 Å². The number of hydrogen-bond donors (Lipinski definition) is 0. The molecular weight excluding hydrogens is 175 g/mol. The van der Waals surface area contributed by atoms with E-state index in [0.717, 1.165) is 12.8 Å². The monoisotopic (exact) mass is 206 g/mol. The third-order valence-electron chi connectivity index (χ3n) is 2.38. The van der Waals surface area contributed by atoms with Crippen LogP contribution in [-0.2, 0) is 0 Å². The first-order valence-corrected chi connectivity index (χ1v) is 6.27. The lowest BCUT2D eigenvalue weighted by atomic mass is 9.91. The Kier molecular flexibility index (Phi) is 21.4. The van der Waals surface area contributed by atoms with Gasteiger partial charge in [0.05, 0.1) is 0 Å². The van der Waals surface area contributed by atoms with Crippen LogP contribution in [0.4, 0.5) is 4.39 Å². The molecule has 0 aliphatic heterocycles. The second kappa shape index (κ2) is 15.4. The molecule has 0 rings (SSSR count). The standard InChI is InChI=1S/C9H19F.2C2H6/c1-5-7(3)9(10)8(4)6-2;2*1-2/h7-9H,5-6H2,1-4H3;2*1-2H3. The van der Waals surface area contributed by atoms with E-state index in [1.807, 2.05) is 55.4 Å². The van der Waals surface area contributed by atoms with Gasteiger partial charge in [-0.2, -0.15) is 0 Å². The van der Waals surface area contributed by atoms with Crippen molar-refractivity contribution in [1.82, 2.24) is 0 Å². The molecule has 0 aromatic carbocycles. The number of alkyl halides is 1. The number of halogens is 1. The molecule has 0 amide bonds. The predicted octanol–water partition coefficient (Wildman–Crippen LogP) is 5.47. The Morgan fingerprint density at radius 1 is 0.786 bits per heavy atom. The van der Waals surface area contributed by atoms with Crippen molar-refractivity contribution in [1.29, 1.82) is 0 Å². The second-order valence-corrected chi connectivity index (χ2v) is 3.22. The summed E-state index contributed by atoms with van der Waals surface area (Å²) in [4.78, 5) is 0. The summed E-state index contributed by atoms with van der Waals surface area (Å²) in [5.41, 5.74) is 0. The van der Waals surface area contributed by atoms with Crippen LogP contribution in [0.3, 0.4) is 0 Å². The first-order valence-electron chi connectivity index (χ1n) is 6.27. The van der Waals surface area contributed by atoms with Gasteiger partial charge in [-0.1, -0.05) is 68.2 Å². The summed E-state index contributed by atoms with van der Waals surface area (Å²) in [5.74, 6) is 0.463. The van der Waals surface area contributed by atoms with Crippen molar-refractivity contribution < 1.29 is 4.39 Å². The molecule has 0 saturated heterocycles. The van der Waals surface area contributed by atoms with Crippen LogP contribution in [0.25, 0.3) is 0 Å². The summed E-state index contributed by atoms with van der Waals surface area (Å²) in [6.45, 7) is 16.0. The lowest BCUT2D eigenvalue weighted by Crippen LogP contribution is -2.19. The second-order valence-electron chi connectivity index (χ2n) is 3.22. The van der Waals surface area contributed by atoms with Crippen LogP contribution in [-0.4, -0.2) is 6.17 Å². The Balaban J connectivity index is -0.000000266. The summed E-state index contributed by atoms with van der Waals surface area (Å²) in [7, 11) is 0. The van der Waals surface area contributed by atoms with Gasteiger partial charge in [0.15, 0.2) is 0 Å². The van der Waals surface area contributed by atoms with Crippen molar-refractivity contribution in [3.05, 3.63) is 0 Å². The lowest BCUT2D eigenvalue weighted by Gasteiger charge is -2.19. The molecule has 0 radical (unpaired) electrons. The van der Waals surface area contributed by atoms with Gasteiger partial charge in [-0.3, -0.25) is 0 Å².